The largest absolute Gasteiger partial charge is 0.393 e. The monoisotopic (exact) mass is 506 g/mol. The van der Waals surface area contributed by atoms with Gasteiger partial charge in [-0.1, -0.05) is 81.3 Å². The Bertz CT molecular complexity index is 969. The highest BCUT2D eigenvalue weighted by Crippen LogP contribution is 2.60. The molecule has 3 fully saturated rings. The first-order chi connectivity index (χ1) is 17.6. The van der Waals surface area contributed by atoms with Crippen LogP contribution >= 0.6 is 0 Å². The van der Waals surface area contributed by atoms with Gasteiger partial charge >= 0.3 is 0 Å². The van der Waals surface area contributed by atoms with E-state index in [4.69, 9.17) is 4.74 Å². The zero-order valence-corrected chi connectivity index (χ0v) is 23.7. The van der Waals surface area contributed by atoms with Crippen LogP contribution in [-0.4, -0.2) is 28.0 Å². The van der Waals surface area contributed by atoms with Gasteiger partial charge < -0.3 is 14.9 Å². The molecule has 37 heavy (non-hydrogen) atoms. The van der Waals surface area contributed by atoms with Crippen molar-refractivity contribution in [2.24, 2.45) is 23.2 Å². The molecule has 1 aromatic carbocycles. The molecule has 0 bridgehead atoms. The van der Waals surface area contributed by atoms with Crippen molar-refractivity contribution in [2.45, 2.75) is 116 Å². The average molecular weight is 507 g/mol. The van der Waals surface area contributed by atoms with E-state index in [1.807, 2.05) is 32.0 Å². The summed E-state index contributed by atoms with van der Waals surface area (Å²) in [4.78, 5) is 0. The number of aliphatic hydroxyl groups excluding tert-OH is 1. The second-order valence-electron chi connectivity index (χ2n) is 13.1. The molecule has 3 heteroatoms. The maximum atomic E-state index is 10.6. The SMILES string of the molecule is C=C1/C(=C\C=C2/CCC[C@]3(C)[C@@H]([C@H](C)CCCC(C)(C)O)CC[C@@H]23)C[C@@H](O)C[C@@H]1OCc1ccccc1. The van der Waals surface area contributed by atoms with E-state index in [2.05, 4.69) is 44.7 Å². The van der Waals surface area contributed by atoms with Gasteiger partial charge in [-0.3, -0.25) is 0 Å². The van der Waals surface area contributed by atoms with Crippen molar-refractivity contribution >= 4 is 0 Å². The summed E-state index contributed by atoms with van der Waals surface area (Å²) < 4.78 is 6.22. The van der Waals surface area contributed by atoms with Gasteiger partial charge in [-0.15, -0.1) is 0 Å². The molecule has 3 saturated carbocycles. The third-order valence-electron chi connectivity index (χ3n) is 9.71. The fourth-order valence-electron chi connectivity index (χ4n) is 7.66. The van der Waals surface area contributed by atoms with Crippen molar-refractivity contribution < 1.29 is 14.9 Å². The summed E-state index contributed by atoms with van der Waals surface area (Å²) >= 11 is 0. The molecule has 4 rings (SSSR count). The van der Waals surface area contributed by atoms with Crippen LogP contribution in [0.25, 0.3) is 0 Å². The molecule has 3 aliphatic carbocycles. The van der Waals surface area contributed by atoms with Crippen molar-refractivity contribution in [3.05, 3.63) is 71.3 Å². The molecule has 0 radical (unpaired) electrons. The first kappa shape index (κ1) is 28.3. The van der Waals surface area contributed by atoms with Gasteiger partial charge in [-0.05, 0) is 98.7 Å². The predicted octanol–water partition coefficient (Wildman–Crippen LogP) is 7.93. The number of hydrogen-bond donors (Lipinski definition) is 2. The fourth-order valence-corrected chi connectivity index (χ4v) is 7.66. The zero-order chi connectivity index (χ0) is 26.6. The van der Waals surface area contributed by atoms with E-state index in [1.54, 1.807) is 5.57 Å². The highest BCUT2D eigenvalue weighted by molar-refractivity contribution is 5.39. The van der Waals surface area contributed by atoms with Crippen LogP contribution in [0.3, 0.4) is 0 Å². The maximum absolute atomic E-state index is 10.6. The van der Waals surface area contributed by atoms with Crippen molar-refractivity contribution in [3.8, 4) is 0 Å². The number of aliphatic hydroxyl groups is 2. The maximum Gasteiger partial charge on any atom is 0.0851 e. The Balaban J connectivity index is 1.42. The molecule has 0 spiro atoms. The van der Waals surface area contributed by atoms with Gasteiger partial charge in [0.05, 0.1) is 24.4 Å². The topological polar surface area (TPSA) is 49.7 Å². The third-order valence-corrected chi connectivity index (χ3v) is 9.71. The summed E-state index contributed by atoms with van der Waals surface area (Å²) in [5.41, 5.74) is 4.74. The number of ether oxygens (including phenoxy) is 1. The van der Waals surface area contributed by atoms with E-state index in [1.165, 1.54) is 38.5 Å². The number of rotatable bonds is 9. The highest BCUT2D eigenvalue weighted by atomic mass is 16.5. The minimum absolute atomic E-state index is 0.133. The zero-order valence-electron chi connectivity index (χ0n) is 23.7. The Morgan fingerprint density at radius 1 is 1.19 bits per heavy atom. The smallest absolute Gasteiger partial charge is 0.0851 e. The summed E-state index contributed by atoms with van der Waals surface area (Å²) in [6.07, 6.45) is 15.0. The molecule has 6 atom stereocenters. The van der Waals surface area contributed by atoms with Crippen LogP contribution in [0, 0.1) is 23.2 Å². The molecule has 2 N–H and O–H groups in total. The molecule has 1 aromatic rings. The second kappa shape index (κ2) is 12.0. The highest BCUT2D eigenvalue weighted by Gasteiger charge is 2.50. The Morgan fingerprint density at radius 2 is 1.95 bits per heavy atom. The second-order valence-corrected chi connectivity index (χ2v) is 13.1. The summed E-state index contributed by atoms with van der Waals surface area (Å²) in [5.74, 6) is 2.12. The van der Waals surface area contributed by atoms with E-state index in [0.717, 1.165) is 35.5 Å². The van der Waals surface area contributed by atoms with Crippen LogP contribution in [0.5, 0.6) is 0 Å². The number of benzene rings is 1. The Kier molecular flexibility index (Phi) is 9.20. The summed E-state index contributed by atoms with van der Waals surface area (Å²) in [6, 6.07) is 10.2. The molecular weight excluding hydrogens is 456 g/mol. The van der Waals surface area contributed by atoms with Crippen LogP contribution in [0.15, 0.2) is 65.8 Å². The van der Waals surface area contributed by atoms with Gasteiger partial charge in [-0.25, -0.2) is 0 Å². The van der Waals surface area contributed by atoms with Gasteiger partial charge in [0.1, 0.15) is 0 Å². The standard InChI is InChI=1S/C34H50O3/c1-24(11-9-19-33(3,4)36)30-17-18-31-27(14-10-20-34(30,31)5)15-16-28-21-29(35)22-32(25(28)2)37-23-26-12-7-6-8-13-26/h6-8,12-13,15-16,24,29-32,35-36H,2,9-11,14,17-23H2,1,3-5H3/b27-15+,28-16-/t24-,29-,30-,31+,32+,34-/m1/s1. The normalized spacial score (nSPS) is 33.6. The van der Waals surface area contributed by atoms with E-state index < -0.39 is 5.60 Å². The molecule has 0 unspecified atom stereocenters. The molecule has 0 aromatic heterocycles. The van der Waals surface area contributed by atoms with E-state index >= 15 is 0 Å². The van der Waals surface area contributed by atoms with E-state index in [-0.39, 0.29) is 12.2 Å². The van der Waals surface area contributed by atoms with Gasteiger partial charge in [0, 0.05) is 6.42 Å². The lowest BCUT2D eigenvalue weighted by Gasteiger charge is -2.44. The molecule has 0 amide bonds. The summed E-state index contributed by atoms with van der Waals surface area (Å²) in [7, 11) is 0. The first-order valence-electron chi connectivity index (χ1n) is 14.7. The molecule has 3 aliphatic rings. The molecule has 204 valence electrons. The van der Waals surface area contributed by atoms with Crippen LogP contribution in [0.2, 0.25) is 0 Å². The number of hydrogen-bond acceptors (Lipinski definition) is 3. The predicted molar refractivity (Wildman–Crippen MR) is 153 cm³/mol. The fraction of sp³-hybridized carbons (Fsp3) is 0.647. The van der Waals surface area contributed by atoms with Crippen molar-refractivity contribution in [1.82, 2.24) is 0 Å². The van der Waals surface area contributed by atoms with Gasteiger partial charge in [0.25, 0.3) is 0 Å². The van der Waals surface area contributed by atoms with Crippen LogP contribution in [0.4, 0.5) is 0 Å². The number of fused-ring (bicyclic) bond motifs is 1. The lowest BCUT2D eigenvalue weighted by molar-refractivity contribution is 0.0163. The van der Waals surface area contributed by atoms with Crippen molar-refractivity contribution in [3.63, 3.8) is 0 Å². The molecule has 3 nitrogen and oxygen atoms in total. The number of allylic oxidation sites excluding steroid dienone is 3. The lowest BCUT2D eigenvalue weighted by atomic mass is 9.60. The molecule has 0 saturated heterocycles. The Labute approximate surface area is 225 Å². The van der Waals surface area contributed by atoms with E-state index in [9.17, 15) is 10.2 Å². The first-order valence-corrected chi connectivity index (χ1v) is 14.7. The van der Waals surface area contributed by atoms with Crippen LogP contribution in [0.1, 0.15) is 97.5 Å². The molecule has 0 heterocycles. The van der Waals surface area contributed by atoms with Gasteiger partial charge in [0.15, 0.2) is 0 Å². The van der Waals surface area contributed by atoms with Gasteiger partial charge in [-0.2, -0.15) is 0 Å². The Hall–Kier alpha value is -1.68. The molecule has 0 aliphatic heterocycles. The average Bonchev–Trinajstić information content (AvgIpc) is 3.21. The van der Waals surface area contributed by atoms with E-state index in [0.29, 0.717) is 36.7 Å². The van der Waals surface area contributed by atoms with Crippen LogP contribution < -0.4 is 0 Å². The van der Waals surface area contributed by atoms with Gasteiger partial charge in [0.2, 0.25) is 0 Å². The lowest BCUT2D eigenvalue weighted by Crippen LogP contribution is -2.36. The summed E-state index contributed by atoms with van der Waals surface area (Å²) in [6.45, 7) is 13.8. The quantitative estimate of drug-likeness (QED) is 0.357. The minimum atomic E-state index is -0.557. The minimum Gasteiger partial charge on any atom is -0.393 e. The Morgan fingerprint density at radius 3 is 2.68 bits per heavy atom. The van der Waals surface area contributed by atoms with Crippen molar-refractivity contribution in [2.75, 3.05) is 0 Å². The van der Waals surface area contributed by atoms with Crippen molar-refractivity contribution in [1.29, 1.82) is 0 Å². The summed E-state index contributed by atoms with van der Waals surface area (Å²) in [5, 5.41) is 20.7. The third kappa shape index (κ3) is 7.05. The molecular formula is C34H50O3. The van der Waals surface area contributed by atoms with Crippen LogP contribution in [-0.2, 0) is 11.3 Å².